The first-order valence-electron chi connectivity index (χ1n) is 4.61. The number of H-pyrrole nitrogens is 1. The first kappa shape index (κ1) is 7.75. The number of aromatic amines is 1. The lowest BCUT2D eigenvalue weighted by molar-refractivity contribution is 0.344. The van der Waals surface area contributed by atoms with Crippen LogP contribution < -0.4 is 11.0 Å². The van der Waals surface area contributed by atoms with Crippen LogP contribution in [0.1, 0.15) is 6.04 Å². The van der Waals surface area contributed by atoms with E-state index in [9.17, 15) is 4.79 Å². The van der Waals surface area contributed by atoms with Crippen LogP contribution in [0.25, 0.3) is 11.0 Å². The molecule has 0 spiro atoms. The number of nitrogens with one attached hydrogen (secondary N) is 2. The molecule has 0 radical (unpaired) electrons. The van der Waals surface area contributed by atoms with Crippen molar-refractivity contribution in [1.29, 1.82) is 0 Å². The summed E-state index contributed by atoms with van der Waals surface area (Å²) in [5.41, 5.74) is 1.71. The van der Waals surface area contributed by atoms with Crippen molar-refractivity contribution >= 4 is 11.0 Å². The molecule has 3 heterocycles. The lowest BCUT2D eigenvalue weighted by Gasteiger charge is -2.28. The summed E-state index contributed by atoms with van der Waals surface area (Å²) in [5.74, 6) is 0. The largest absolute Gasteiger partial charge is 0.326 e. The number of hydrogen-bond acceptors (Lipinski definition) is 3. The second-order valence-corrected chi connectivity index (χ2v) is 3.51. The monoisotopic (exact) mass is 190 g/mol. The highest BCUT2D eigenvalue weighted by molar-refractivity contribution is 5.73. The van der Waals surface area contributed by atoms with E-state index >= 15 is 0 Å². The molecule has 0 saturated carbocycles. The summed E-state index contributed by atoms with van der Waals surface area (Å²) >= 11 is 0. The lowest BCUT2D eigenvalue weighted by atomic mass is 10.2. The minimum Gasteiger partial charge on any atom is -0.313 e. The van der Waals surface area contributed by atoms with Crippen LogP contribution in [0.4, 0.5) is 0 Å². The van der Waals surface area contributed by atoms with Gasteiger partial charge in [0.05, 0.1) is 23.3 Å². The molecule has 5 heteroatoms. The summed E-state index contributed by atoms with van der Waals surface area (Å²) in [5, 5.41) is 3.15. The van der Waals surface area contributed by atoms with Crippen molar-refractivity contribution in [2.24, 2.45) is 0 Å². The number of aromatic nitrogens is 3. The first-order valence-corrected chi connectivity index (χ1v) is 4.61. The second kappa shape index (κ2) is 2.68. The van der Waals surface area contributed by atoms with Crippen LogP contribution in [-0.4, -0.2) is 27.6 Å². The maximum atomic E-state index is 11.6. The average Bonchev–Trinajstić information content (AvgIpc) is 2.41. The normalized spacial score (nSPS) is 17.1. The van der Waals surface area contributed by atoms with E-state index in [1.165, 1.54) is 0 Å². The third-order valence-electron chi connectivity index (χ3n) is 2.64. The fraction of sp³-hybridized carbons (Fsp3) is 0.333. The third-order valence-corrected chi connectivity index (χ3v) is 2.64. The fourth-order valence-electron chi connectivity index (χ4n) is 1.80. The Kier molecular flexibility index (Phi) is 1.49. The smallest absolute Gasteiger partial charge is 0.313 e. The molecule has 2 N–H and O–H groups in total. The van der Waals surface area contributed by atoms with Gasteiger partial charge in [0.25, 0.3) is 0 Å². The van der Waals surface area contributed by atoms with E-state index in [2.05, 4.69) is 15.3 Å². The van der Waals surface area contributed by atoms with Gasteiger partial charge < -0.3 is 10.3 Å². The topological polar surface area (TPSA) is 62.7 Å². The van der Waals surface area contributed by atoms with Gasteiger partial charge in [0.15, 0.2) is 0 Å². The molecule has 1 saturated heterocycles. The van der Waals surface area contributed by atoms with Gasteiger partial charge in [-0.1, -0.05) is 0 Å². The van der Waals surface area contributed by atoms with Crippen LogP contribution in [0.2, 0.25) is 0 Å². The van der Waals surface area contributed by atoms with E-state index in [-0.39, 0.29) is 5.69 Å². The number of fused-ring (bicyclic) bond motifs is 1. The first-order chi connectivity index (χ1) is 6.86. The Morgan fingerprint density at radius 2 is 2.36 bits per heavy atom. The van der Waals surface area contributed by atoms with Crippen LogP contribution in [0.15, 0.2) is 23.3 Å². The van der Waals surface area contributed by atoms with Crippen molar-refractivity contribution in [1.82, 2.24) is 19.9 Å². The highest BCUT2D eigenvalue weighted by Crippen LogP contribution is 2.16. The van der Waals surface area contributed by atoms with Crippen molar-refractivity contribution in [2.45, 2.75) is 6.04 Å². The van der Waals surface area contributed by atoms with E-state index in [4.69, 9.17) is 0 Å². The van der Waals surface area contributed by atoms with Crippen molar-refractivity contribution in [2.75, 3.05) is 13.1 Å². The van der Waals surface area contributed by atoms with Crippen LogP contribution in [-0.2, 0) is 0 Å². The summed E-state index contributed by atoms with van der Waals surface area (Å²) in [6.07, 6.45) is 3.39. The molecule has 0 aliphatic carbocycles. The predicted octanol–water partition coefficient (Wildman–Crippen LogP) is -0.131. The minimum atomic E-state index is -0.0421. The molecule has 2 aromatic heterocycles. The summed E-state index contributed by atoms with van der Waals surface area (Å²) in [6, 6.07) is 2.16. The number of pyridine rings is 1. The van der Waals surface area contributed by atoms with Crippen LogP contribution in [0.5, 0.6) is 0 Å². The SMILES string of the molecule is O=c1[nH]c2cnccc2n1C1CNC1. The van der Waals surface area contributed by atoms with E-state index in [0.717, 1.165) is 24.1 Å². The van der Waals surface area contributed by atoms with Crippen LogP contribution >= 0.6 is 0 Å². The Morgan fingerprint density at radius 3 is 3.07 bits per heavy atom. The van der Waals surface area contributed by atoms with Crippen molar-refractivity contribution in [3.8, 4) is 0 Å². The molecule has 0 bridgehead atoms. The molecule has 3 rings (SSSR count). The Labute approximate surface area is 79.8 Å². The van der Waals surface area contributed by atoms with Crippen molar-refractivity contribution in [3.63, 3.8) is 0 Å². The minimum absolute atomic E-state index is 0.0421. The van der Waals surface area contributed by atoms with E-state index < -0.39 is 0 Å². The van der Waals surface area contributed by atoms with Gasteiger partial charge in [-0.2, -0.15) is 0 Å². The highest BCUT2D eigenvalue weighted by Gasteiger charge is 2.22. The maximum absolute atomic E-state index is 11.6. The van der Waals surface area contributed by atoms with Crippen LogP contribution in [0, 0.1) is 0 Å². The Morgan fingerprint density at radius 1 is 1.50 bits per heavy atom. The molecule has 0 unspecified atom stereocenters. The highest BCUT2D eigenvalue weighted by atomic mass is 16.1. The van der Waals surface area contributed by atoms with Gasteiger partial charge in [-0.15, -0.1) is 0 Å². The number of rotatable bonds is 1. The molecule has 14 heavy (non-hydrogen) atoms. The molecule has 0 aromatic carbocycles. The standard InChI is InChI=1S/C9H10N4O/c14-9-12-7-5-10-2-1-8(7)13(9)6-3-11-4-6/h1-2,5-6,11H,3-4H2,(H,12,14). The van der Waals surface area contributed by atoms with Gasteiger partial charge in [0.1, 0.15) is 0 Å². The van der Waals surface area contributed by atoms with Gasteiger partial charge in [-0.3, -0.25) is 9.55 Å². The van der Waals surface area contributed by atoms with Gasteiger partial charge in [0, 0.05) is 19.3 Å². The summed E-state index contributed by atoms with van der Waals surface area (Å²) in [7, 11) is 0. The van der Waals surface area contributed by atoms with Crippen LogP contribution in [0.3, 0.4) is 0 Å². The summed E-state index contributed by atoms with van der Waals surface area (Å²) in [6.45, 7) is 1.74. The molecular weight excluding hydrogens is 180 g/mol. The molecule has 1 aliphatic rings. The average molecular weight is 190 g/mol. The van der Waals surface area contributed by atoms with Gasteiger partial charge >= 0.3 is 5.69 Å². The maximum Gasteiger partial charge on any atom is 0.326 e. The summed E-state index contributed by atoms with van der Waals surface area (Å²) < 4.78 is 1.80. The molecule has 0 amide bonds. The zero-order valence-electron chi connectivity index (χ0n) is 7.53. The third kappa shape index (κ3) is 0.927. The second-order valence-electron chi connectivity index (χ2n) is 3.51. The van der Waals surface area contributed by atoms with Gasteiger partial charge in [-0.05, 0) is 6.07 Å². The zero-order chi connectivity index (χ0) is 9.54. The number of hydrogen-bond donors (Lipinski definition) is 2. The van der Waals surface area contributed by atoms with Crippen molar-refractivity contribution < 1.29 is 0 Å². The Bertz CT molecular complexity index is 523. The van der Waals surface area contributed by atoms with E-state index in [1.54, 1.807) is 17.0 Å². The van der Waals surface area contributed by atoms with Crippen molar-refractivity contribution in [3.05, 3.63) is 28.9 Å². The molecule has 2 aromatic rings. The molecule has 1 fully saturated rings. The molecule has 0 atom stereocenters. The lowest BCUT2D eigenvalue weighted by Crippen LogP contribution is -2.46. The summed E-state index contributed by atoms with van der Waals surface area (Å²) in [4.78, 5) is 18.4. The Hall–Kier alpha value is -1.62. The Balaban J connectivity index is 2.29. The molecule has 5 nitrogen and oxygen atoms in total. The molecule has 72 valence electrons. The van der Waals surface area contributed by atoms with Gasteiger partial charge in [-0.25, -0.2) is 4.79 Å². The predicted molar refractivity (Wildman–Crippen MR) is 52.3 cm³/mol. The number of imidazole rings is 1. The quantitative estimate of drug-likeness (QED) is 0.658. The van der Waals surface area contributed by atoms with E-state index in [1.807, 2.05) is 6.07 Å². The number of nitrogens with zero attached hydrogens (tertiary/aromatic N) is 2. The van der Waals surface area contributed by atoms with Gasteiger partial charge in [0.2, 0.25) is 0 Å². The fourth-order valence-corrected chi connectivity index (χ4v) is 1.80. The van der Waals surface area contributed by atoms with E-state index in [0.29, 0.717) is 6.04 Å². The zero-order valence-corrected chi connectivity index (χ0v) is 7.53. The molecular formula is C9H10N4O. The molecule has 1 aliphatic heterocycles.